The maximum absolute atomic E-state index is 13.6. The van der Waals surface area contributed by atoms with Crippen LogP contribution in [0.4, 0.5) is 20.4 Å². The number of hydrogen-bond donors (Lipinski definition) is 2. The minimum absolute atomic E-state index is 0.343. The van der Waals surface area contributed by atoms with Crippen LogP contribution in [0, 0.1) is 11.6 Å². The van der Waals surface area contributed by atoms with Gasteiger partial charge in [0.05, 0.1) is 12.4 Å². The molecule has 0 radical (unpaired) electrons. The van der Waals surface area contributed by atoms with E-state index < -0.39 is 32.2 Å². The van der Waals surface area contributed by atoms with Crippen molar-refractivity contribution in [3.05, 3.63) is 36.2 Å². The average molecular weight is 287 g/mol. The molecular weight excluding hydrogens is 280 g/mol. The highest BCUT2D eigenvalue weighted by atomic mass is 32.2. The van der Waals surface area contributed by atoms with Gasteiger partial charge in [0, 0.05) is 0 Å². The van der Waals surface area contributed by atoms with Gasteiger partial charge in [-0.15, -0.1) is 5.10 Å². The van der Waals surface area contributed by atoms with Crippen LogP contribution in [0.2, 0.25) is 0 Å². The summed E-state index contributed by atoms with van der Waals surface area (Å²) in [5, 5.41) is 6.78. The van der Waals surface area contributed by atoms with Crippen LogP contribution in [0.3, 0.4) is 0 Å². The number of hydrogen-bond acceptors (Lipinski definition) is 6. The molecule has 0 aliphatic carbocycles. The van der Waals surface area contributed by atoms with Crippen molar-refractivity contribution >= 4 is 21.7 Å². The number of nitrogen functional groups attached to an aromatic ring is 1. The first-order valence-corrected chi connectivity index (χ1v) is 6.30. The van der Waals surface area contributed by atoms with Crippen molar-refractivity contribution in [1.82, 2.24) is 15.2 Å². The maximum Gasteiger partial charge on any atom is 0.267 e. The van der Waals surface area contributed by atoms with E-state index in [1.807, 2.05) is 4.72 Å². The second kappa shape index (κ2) is 4.72. The van der Waals surface area contributed by atoms with Crippen molar-refractivity contribution in [2.45, 2.75) is 4.90 Å². The van der Waals surface area contributed by atoms with Gasteiger partial charge in [-0.05, 0) is 12.1 Å². The van der Waals surface area contributed by atoms with E-state index in [1.54, 1.807) is 0 Å². The first-order valence-electron chi connectivity index (χ1n) is 4.82. The summed E-state index contributed by atoms with van der Waals surface area (Å²) < 4.78 is 52.2. The van der Waals surface area contributed by atoms with Gasteiger partial charge >= 0.3 is 0 Å². The third kappa shape index (κ3) is 2.57. The summed E-state index contributed by atoms with van der Waals surface area (Å²) in [4.78, 5) is 2.76. The highest BCUT2D eigenvalue weighted by Crippen LogP contribution is 2.23. The van der Waals surface area contributed by atoms with E-state index in [9.17, 15) is 17.2 Å². The lowest BCUT2D eigenvalue weighted by atomic mass is 10.3. The number of nitrogens with one attached hydrogen (secondary N) is 1. The second-order valence-corrected chi connectivity index (χ2v) is 5.00. The third-order valence-corrected chi connectivity index (χ3v) is 3.43. The zero-order chi connectivity index (χ0) is 14.0. The monoisotopic (exact) mass is 287 g/mol. The summed E-state index contributed by atoms with van der Waals surface area (Å²) in [6, 6.07) is 1.50. The van der Waals surface area contributed by atoms with Gasteiger partial charge in [0.25, 0.3) is 16.0 Å². The standard InChI is InChI=1S/C9H7F2N5O2S/c10-5-1-2-6(7(11)8(5)12)19(17,18)16-9-13-3-4-14-15-9/h1-4H,12H2,(H,13,15,16). The van der Waals surface area contributed by atoms with Crippen molar-refractivity contribution < 1.29 is 17.2 Å². The van der Waals surface area contributed by atoms with Gasteiger partial charge in [-0.1, -0.05) is 0 Å². The van der Waals surface area contributed by atoms with Crippen LogP contribution < -0.4 is 10.5 Å². The molecule has 1 heterocycles. The summed E-state index contributed by atoms with van der Waals surface area (Å²) in [6.07, 6.45) is 2.43. The van der Waals surface area contributed by atoms with E-state index in [1.165, 1.54) is 12.4 Å². The molecule has 10 heteroatoms. The molecular formula is C9H7F2N5O2S. The van der Waals surface area contributed by atoms with Crippen LogP contribution in [0.5, 0.6) is 0 Å². The number of anilines is 2. The molecule has 3 N–H and O–H groups in total. The Kier molecular flexibility index (Phi) is 3.25. The Morgan fingerprint density at radius 1 is 1.21 bits per heavy atom. The smallest absolute Gasteiger partial charge is 0.267 e. The van der Waals surface area contributed by atoms with E-state index in [0.717, 1.165) is 12.1 Å². The molecule has 1 aromatic carbocycles. The average Bonchev–Trinajstić information content (AvgIpc) is 2.36. The maximum atomic E-state index is 13.6. The predicted octanol–water partition coefficient (Wildman–Crippen LogP) is 0.533. The van der Waals surface area contributed by atoms with Crippen LogP contribution in [0.25, 0.3) is 0 Å². The van der Waals surface area contributed by atoms with Gasteiger partial charge in [-0.25, -0.2) is 26.9 Å². The first-order chi connectivity index (χ1) is 8.92. The molecule has 7 nitrogen and oxygen atoms in total. The molecule has 0 saturated carbocycles. The lowest BCUT2D eigenvalue weighted by molar-refractivity contribution is 0.557. The van der Waals surface area contributed by atoms with E-state index >= 15 is 0 Å². The number of rotatable bonds is 3. The van der Waals surface area contributed by atoms with E-state index in [4.69, 9.17) is 5.73 Å². The molecule has 0 spiro atoms. The van der Waals surface area contributed by atoms with Crippen LogP contribution in [0.15, 0.2) is 29.4 Å². The van der Waals surface area contributed by atoms with Crippen LogP contribution >= 0.6 is 0 Å². The summed E-state index contributed by atoms with van der Waals surface area (Å²) in [7, 11) is -4.32. The predicted molar refractivity (Wildman–Crippen MR) is 61.4 cm³/mol. The Balaban J connectivity index is 2.44. The van der Waals surface area contributed by atoms with Crippen molar-refractivity contribution in [2.24, 2.45) is 0 Å². The Labute approximate surface area is 106 Å². The van der Waals surface area contributed by atoms with Crippen molar-refractivity contribution in [2.75, 3.05) is 10.5 Å². The number of nitrogens with zero attached hydrogens (tertiary/aromatic N) is 3. The lowest BCUT2D eigenvalue weighted by Gasteiger charge is -2.08. The third-order valence-electron chi connectivity index (χ3n) is 2.09. The van der Waals surface area contributed by atoms with Crippen LogP contribution in [0.1, 0.15) is 0 Å². The summed E-state index contributed by atoms with van der Waals surface area (Å²) in [5.74, 6) is -2.77. The molecule has 0 fully saturated rings. The van der Waals surface area contributed by atoms with E-state index in [2.05, 4.69) is 15.2 Å². The molecule has 0 aliphatic rings. The number of nitrogens with two attached hydrogens (primary N) is 1. The zero-order valence-electron chi connectivity index (χ0n) is 9.21. The van der Waals surface area contributed by atoms with Gasteiger partial charge < -0.3 is 5.73 Å². The number of benzene rings is 1. The number of aromatic nitrogens is 3. The highest BCUT2D eigenvalue weighted by molar-refractivity contribution is 7.92. The number of sulfonamides is 1. The molecule has 2 rings (SSSR count). The fraction of sp³-hybridized carbons (Fsp3) is 0. The minimum Gasteiger partial charge on any atom is -0.394 e. The summed E-state index contributed by atoms with van der Waals surface area (Å²) in [6.45, 7) is 0. The summed E-state index contributed by atoms with van der Waals surface area (Å²) >= 11 is 0. The van der Waals surface area contributed by atoms with Gasteiger partial charge in [0.1, 0.15) is 16.4 Å². The van der Waals surface area contributed by atoms with Gasteiger partial charge in [0.15, 0.2) is 5.82 Å². The highest BCUT2D eigenvalue weighted by Gasteiger charge is 2.23. The molecule has 2 aromatic rings. The molecule has 0 bridgehead atoms. The topological polar surface area (TPSA) is 111 Å². The van der Waals surface area contributed by atoms with Crippen molar-refractivity contribution in [3.63, 3.8) is 0 Å². The van der Waals surface area contributed by atoms with Crippen molar-refractivity contribution in [1.29, 1.82) is 0 Å². The zero-order valence-corrected chi connectivity index (χ0v) is 10.0. The van der Waals surface area contributed by atoms with Crippen LogP contribution in [-0.2, 0) is 10.0 Å². The molecule has 0 saturated heterocycles. The lowest BCUT2D eigenvalue weighted by Crippen LogP contribution is -2.17. The van der Waals surface area contributed by atoms with Crippen molar-refractivity contribution in [3.8, 4) is 0 Å². The molecule has 0 atom stereocenters. The Hall–Kier alpha value is -2.36. The SMILES string of the molecule is Nc1c(F)ccc(S(=O)(=O)Nc2nccnn2)c1F. The fourth-order valence-electron chi connectivity index (χ4n) is 1.23. The van der Waals surface area contributed by atoms with Gasteiger partial charge in [-0.3, -0.25) is 0 Å². The normalized spacial score (nSPS) is 11.3. The molecule has 100 valence electrons. The van der Waals surface area contributed by atoms with Crippen LogP contribution in [-0.4, -0.2) is 23.6 Å². The quantitative estimate of drug-likeness (QED) is 0.797. The molecule has 0 unspecified atom stereocenters. The number of halogens is 2. The molecule has 1 aromatic heterocycles. The first kappa shape index (κ1) is 13.1. The van der Waals surface area contributed by atoms with Gasteiger partial charge in [-0.2, -0.15) is 5.10 Å². The second-order valence-electron chi connectivity index (χ2n) is 3.34. The largest absolute Gasteiger partial charge is 0.394 e. The van der Waals surface area contributed by atoms with Gasteiger partial charge in [0.2, 0.25) is 0 Å². The van der Waals surface area contributed by atoms with E-state index in [-0.39, 0.29) is 5.95 Å². The molecule has 0 amide bonds. The Morgan fingerprint density at radius 2 is 1.95 bits per heavy atom. The summed E-state index contributed by atoms with van der Waals surface area (Å²) in [5.41, 5.74) is 4.21. The molecule has 0 aliphatic heterocycles. The molecule has 19 heavy (non-hydrogen) atoms. The van der Waals surface area contributed by atoms with E-state index in [0.29, 0.717) is 0 Å². The Morgan fingerprint density at radius 3 is 2.58 bits per heavy atom. The Bertz CT molecular complexity index is 708. The minimum atomic E-state index is -4.32. The fourth-order valence-corrected chi connectivity index (χ4v) is 2.26.